The molecule has 0 spiro atoms. The van der Waals surface area contributed by atoms with Gasteiger partial charge in [-0.2, -0.15) is 0 Å². The molecule has 3 rings (SSSR count). The lowest BCUT2D eigenvalue weighted by molar-refractivity contribution is 0.0840. The minimum atomic E-state index is -0.389. The quantitative estimate of drug-likeness (QED) is 0.443. The number of hydrogen-bond acceptors (Lipinski definition) is 5. The number of nitrogens with zero attached hydrogens (tertiary/aromatic N) is 2. The van der Waals surface area contributed by atoms with Gasteiger partial charge in [0.15, 0.2) is 0 Å². The Balaban J connectivity index is 1.64. The van der Waals surface area contributed by atoms with E-state index in [-0.39, 0.29) is 11.8 Å². The molecule has 3 aromatic rings. The Hall–Kier alpha value is -2.10. The highest BCUT2D eigenvalue weighted by molar-refractivity contribution is 9.10. The van der Waals surface area contributed by atoms with Crippen LogP contribution in [-0.4, -0.2) is 21.4 Å². The normalized spacial score (nSPS) is 10.6. The van der Waals surface area contributed by atoms with Crippen LogP contribution in [0.25, 0.3) is 0 Å². The molecular weight excluding hydrogens is 448 g/mol. The van der Waals surface area contributed by atoms with Crippen LogP contribution in [0.4, 0.5) is 0 Å². The molecule has 0 radical (unpaired) electrons. The molecule has 9 heteroatoms. The number of rotatable bonds is 5. The van der Waals surface area contributed by atoms with Crippen LogP contribution in [0.2, 0.25) is 0 Å². The number of nitrogens with one attached hydrogen (secondary N) is 2. The number of aromatic nitrogens is 2. The second-order valence-corrected chi connectivity index (χ2v) is 8.70. The first-order chi connectivity index (χ1) is 12.9. The summed E-state index contributed by atoms with van der Waals surface area (Å²) in [6.45, 7) is 1.97. The van der Waals surface area contributed by atoms with E-state index in [9.17, 15) is 9.59 Å². The molecule has 0 aliphatic rings. The van der Waals surface area contributed by atoms with E-state index < -0.39 is 0 Å². The third-order valence-electron chi connectivity index (χ3n) is 3.67. The number of carbonyl (C=O) groups excluding carboxylic acids is 2. The number of benzene rings is 1. The van der Waals surface area contributed by atoms with Gasteiger partial charge in [-0.1, -0.05) is 12.1 Å². The van der Waals surface area contributed by atoms with Crippen molar-refractivity contribution >= 4 is 50.8 Å². The predicted molar refractivity (Wildman–Crippen MR) is 111 cm³/mol. The molecule has 0 saturated carbocycles. The van der Waals surface area contributed by atoms with Crippen molar-refractivity contribution < 1.29 is 9.59 Å². The Morgan fingerprint density at radius 2 is 2.00 bits per heavy atom. The molecule has 0 unspecified atom stereocenters. The van der Waals surface area contributed by atoms with Gasteiger partial charge in [0, 0.05) is 33.7 Å². The molecule has 2 N–H and O–H groups in total. The van der Waals surface area contributed by atoms with Crippen LogP contribution in [0.5, 0.6) is 0 Å². The van der Waals surface area contributed by atoms with Crippen molar-refractivity contribution in [3.05, 3.63) is 68.3 Å². The Labute approximate surface area is 173 Å². The van der Waals surface area contributed by atoms with Gasteiger partial charge in [0.25, 0.3) is 11.8 Å². The summed E-state index contributed by atoms with van der Waals surface area (Å²) in [6, 6.07) is 8.97. The first-order valence-corrected chi connectivity index (χ1v) is 10.6. The number of hydrazine groups is 1. The number of carbonyl (C=O) groups is 2. The highest BCUT2D eigenvalue weighted by Crippen LogP contribution is 2.26. The minimum absolute atomic E-state index is 0.366. The smallest absolute Gasteiger partial charge is 0.286 e. The van der Waals surface area contributed by atoms with Crippen molar-refractivity contribution in [3.8, 4) is 0 Å². The number of amides is 2. The van der Waals surface area contributed by atoms with E-state index in [4.69, 9.17) is 0 Å². The Morgan fingerprint density at radius 3 is 2.67 bits per heavy atom. The molecule has 27 heavy (non-hydrogen) atoms. The second kappa shape index (κ2) is 8.73. The van der Waals surface area contributed by atoms with Crippen LogP contribution in [0.3, 0.4) is 0 Å². The van der Waals surface area contributed by atoms with Crippen molar-refractivity contribution in [2.24, 2.45) is 7.05 Å². The molecule has 140 valence electrons. The molecule has 0 fully saturated rings. The van der Waals surface area contributed by atoms with Gasteiger partial charge in [-0.3, -0.25) is 20.4 Å². The van der Waals surface area contributed by atoms with E-state index in [1.165, 1.54) is 11.8 Å². The minimum Gasteiger partial charge on any atom is -0.345 e. The van der Waals surface area contributed by atoms with Crippen molar-refractivity contribution in [2.45, 2.75) is 17.6 Å². The lowest BCUT2D eigenvalue weighted by Crippen LogP contribution is -2.42. The lowest BCUT2D eigenvalue weighted by atomic mass is 10.2. The van der Waals surface area contributed by atoms with Gasteiger partial charge in [0.05, 0.1) is 16.3 Å². The monoisotopic (exact) mass is 464 g/mol. The molecule has 0 bridgehead atoms. The van der Waals surface area contributed by atoms with Crippen molar-refractivity contribution in [3.63, 3.8) is 0 Å². The molecule has 1 aromatic carbocycles. The maximum absolute atomic E-state index is 12.5. The summed E-state index contributed by atoms with van der Waals surface area (Å²) < 4.78 is 2.46. The molecule has 0 aliphatic heterocycles. The van der Waals surface area contributed by atoms with Gasteiger partial charge in [0.1, 0.15) is 5.69 Å². The zero-order valence-corrected chi connectivity index (χ0v) is 17.9. The Morgan fingerprint density at radius 1 is 1.26 bits per heavy atom. The van der Waals surface area contributed by atoms with Crippen LogP contribution in [0.15, 0.2) is 51.3 Å². The maximum Gasteiger partial charge on any atom is 0.286 e. The van der Waals surface area contributed by atoms with Crippen LogP contribution < -0.4 is 10.9 Å². The second-order valence-electron chi connectivity index (χ2n) is 5.71. The molecular formula is C18H17BrN4O2S2. The maximum atomic E-state index is 12.5. The number of aryl methyl sites for hydroxylation is 2. The van der Waals surface area contributed by atoms with E-state index in [2.05, 4.69) is 31.8 Å². The summed E-state index contributed by atoms with van der Waals surface area (Å²) in [4.78, 5) is 30.0. The standard InChI is InChI=1S/C18H17BrN4O2S2/c1-11-20-13(9-26-11)10-27-16-6-4-3-5-14(16)17(24)21-22-18(25)15-7-12(19)8-23(15)2/h3-9H,10H2,1-2H3,(H,21,24)(H,22,25). The Bertz CT molecular complexity index is 983. The fourth-order valence-corrected chi connectivity index (χ4v) is 4.59. The SMILES string of the molecule is Cc1nc(CSc2ccccc2C(=O)NNC(=O)c2cc(Br)cn2C)cs1. The zero-order chi connectivity index (χ0) is 19.4. The van der Waals surface area contributed by atoms with E-state index in [0.717, 1.165) is 20.1 Å². The number of thiazole rings is 1. The Kier molecular flexibility index (Phi) is 6.35. The van der Waals surface area contributed by atoms with E-state index in [1.54, 1.807) is 47.3 Å². The summed E-state index contributed by atoms with van der Waals surface area (Å²) in [7, 11) is 1.76. The third-order valence-corrected chi connectivity index (χ3v) is 6.03. The number of thioether (sulfide) groups is 1. The van der Waals surface area contributed by atoms with Gasteiger partial charge in [-0.05, 0) is 41.1 Å². The summed E-state index contributed by atoms with van der Waals surface area (Å²) in [5, 5.41) is 3.04. The fraction of sp³-hybridized carbons (Fsp3) is 0.167. The third kappa shape index (κ3) is 5.00. The zero-order valence-electron chi connectivity index (χ0n) is 14.7. The van der Waals surface area contributed by atoms with Gasteiger partial charge in [-0.25, -0.2) is 4.98 Å². The van der Waals surface area contributed by atoms with E-state index >= 15 is 0 Å². The molecule has 2 heterocycles. The lowest BCUT2D eigenvalue weighted by Gasteiger charge is -2.11. The summed E-state index contributed by atoms with van der Waals surface area (Å²) >= 11 is 6.46. The first-order valence-electron chi connectivity index (χ1n) is 7.99. The van der Waals surface area contributed by atoms with E-state index in [0.29, 0.717) is 17.0 Å². The summed E-state index contributed by atoms with van der Waals surface area (Å²) in [5.74, 6) is -0.0768. The highest BCUT2D eigenvalue weighted by atomic mass is 79.9. The van der Waals surface area contributed by atoms with Crippen LogP contribution in [0.1, 0.15) is 31.5 Å². The molecule has 0 saturated heterocycles. The van der Waals surface area contributed by atoms with Crippen molar-refractivity contribution in [2.75, 3.05) is 0 Å². The van der Waals surface area contributed by atoms with Crippen LogP contribution in [-0.2, 0) is 12.8 Å². The molecule has 0 aliphatic carbocycles. The van der Waals surface area contributed by atoms with Gasteiger partial charge >= 0.3 is 0 Å². The summed E-state index contributed by atoms with van der Waals surface area (Å²) in [5.41, 5.74) is 6.86. The topological polar surface area (TPSA) is 76.0 Å². The fourth-order valence-electron chi connectivity index (χ4n) is 2.40. The summed E-state index contributed by atoms with van der Waals surface area (Å²) in [6.07, 6.45) is 1.77. The molecule has 0 atom stereocenters. The average molecular weight is 465 g/mol. The largest absolute Gasteiger partial charge is 0.345 e. The molecule has 2 amide bonds. The van der Waals surface area contributed by atoms with Crippen molar-refractivity contribution in [1.29, 1.82) is 0 Å². The van der Waals surface area contributed by atoms with Crippen LogP contribution >= 0.6 is 39.0 Å². The average Bonchev–Trinajstić information content (AvgIpc) is 3.22. The number of hydrogen-bond donors (Lipinski definition) is 2. The van der Waals surface area contributed by atoms with E-state index in [1.807, 2.05) is 24.4 Å². The van der Waals surface area contributed by atoms with Crippen LogP contribution in [0, 0.1) is 6.92 Å². The molecule has 6 nitrogen and oxygen atoms in total. The predicted octanol–water partition coefficient (Wildman–Crippen LogP) is 3.92. The van der Waals surface area contributed by atoms with Gasteiger partial charge in [-0.15, -0.1) is 23.1 Å². The van der Waals surface area contributed by atoms with Gasteiger partial charge in [0.2, 0.25) is 0 Å². The highest BCUT2D eigenvalue weighted by Gasteiger charge is 2.15. The molecule has 2 aromatic heterocycles. The first kappa shape index (κ1) is 19.7. The van der Waals surface area contributed by atoms with Crippen molar-refractivity contribution in [1.82, 2.24) is 20.4 Å². The number of halogens is 1. The van der Waals surface area contributed by atoms with Gasteiger partial charge < -0.3 is 4.57 Å².